The molecule has 2 aliphatic rings. The van der Waals surface area contributed by atoms with E-state index in [9.17, 15) is 18.3 Å². The highest BCUT2D eigenvalue weighted by Gasteiger charge is 2.39. The van der Waals surface area contributed by atoms with Crippen molar-refractivity contribution in [3.8, 4) is 0 Å². The molecule has 0 heterocycles. The van der Waals surface area contributed by atoms with E-state index in [0.29, 0.717) is 12.3 Å². The number of halogens is 3. The molecular weight excluding hydrogens is 229 g/mol. The molecule has 2 bridgehead atoms. The van der Waals surface area contributed by atoms with E-state index in [1.54, 1.807) is 0 Å². The largest absolute Gasteiger partial charge is 0.393 e. The zero-order valence-corrected chi connectivity index (χ0v) is 10.0. The minimum absolute atomic E-state index is 0.0610. The van der Waals surface area contributed by atoms with Crippen LogP contribution >= 0.6 is 0 Å². The summed E-state index contributed by atoms with van der Waals surface area (Å²) in [6.07, 6.45) is 0.795. The highest BCUT2D eigenvalue weighted by atomic mass is 19.4. The Morgan fingerprint density at radius 2 is 1.94 bits per heavy atom. The summed E-state index contributed by atoms with van der Waals surface area (Å²) in [7, 11) is 0. The Balaban J connectivity index is 1.63. The Morgan fingerprint density at radius 1 is 1.18 bits per heavy atom. The van der Waals surface area contributed by atoms with E-state index in [4.69, 9.17) is 0 Å². The summed E-state index contributed by atoms with van der Waals surface area (Å²) in [5.41, 5.74) is 0. The van der Waals surface area contributed by atoms with Crippen LogP contribution in [0.5, 0.6) is 0 Å². The second kappa shape index (κ2) is 5.17. The number of rotatable bonds is 5. The van der Waals surface area contributed by atoms with Gasteiger partial charge in [-0.25, -0.2) is 0 Å². The molecule has 4 unspecified atom stereocenters. The molecule has 0 saturated heterocycles. The fourth-order valence-electron chi connectivity index (χ4n) is 3.67. The van der Waals surface area contributed by atoms with Crippen LogP contribution in [0, 0.1) is 17.8 Å². The fraction of sp³-hybridized carbons (Fsp3) is 1.00. The molecule has 1 N–H and O–H groups in total. The van der Waals surface area contributed by atoms with E-state index in [-0.39, 0.29) is 6.42 Å². The molecule has 4 atom stereocenters. The Kier molecular flexibility index (Phi) is 4.01. The normalized spacial score (nSPS) is 34.2. The number of hydrogen-bond acceptors (Lipinski definition) is 1. The highest BCUT2D eigenvalue weighted by Crippen LogP contribution is 2.50. The van der Waals surface area contributed by atoms with Crippen molar-refractivity contribution in [2.24, 2.45) is 17.8 Å². The average molecular weight is 250 g/mol. The van der Waals surface area contributed by atoms with Crippen molar-refractivity contribution in [3.63, 3.8) is 0 Å². The summed E-state index contributed by atoms with van der Waals surface area (Å²) in [6.45, 7) is 0. The standard InChI is InChI=1S/C13H21F3O/c14-13(15,16)5-1-2-12(17)8-11-7-9-3-4-10(11)6-9/h9-12,17H,1-8H2. The first-order valence-corrected chi connectivity index (χ1v) is 6.69. The molecule has 4 heteroatoms. The van der Waals surface area contributed by atoms with Gasteiger partial charge in [-0.15, -0.1) is 0 Å². The third-order valence-corrected chi connectivity index (χ3v) is 4.46. The van der Waals surface area contributed by atoms with Crippen molar-refractivity contribution in [1.82, 2.24) is 0 Å². The van der Waals surface area contributed by atoms with Gasteiger partial charge in [0.05, 0.1) is 6.10 Å². The third-order valence-electron chi connectivity index (χ3n) is 4.46. The topological polar surface area (TPSA) is 20.2 Å². The van der Waals surface area contributed by atoms with Gasteiger partial charge in [-0.05, 0) is 56.3 Å². The van der Waals surface area contributed by atoms with Crippen molar-refractivity contribution in [1.29, 1.82) is 0 Å². The maximum Gasteiger partial charge on any atom is 0.389 e. The lowest BCUT2D eigenvalue weighted by molar-refractivity contribution is -0.136. The summed E-state index contributed by atoms with van der Waals surface area (Å²) in [6, 6.07) is 0. The Bertz CT molecular complexity index is 252. The summed E-state index contributed by atoms with van der Waals surface area (Å²) in [5.74, 6) is 2.17. The number of aliphatic hydroxyl groups is 1. The zero-order chi connectivity index (χ0) is 12.5. The minimum Gasteiger partial charge on any atom is -0.393 e. The summed E-state index contributed by atoms with van der Waals surface area (Å²) in [4.78, 5) is 0. The summed E-state index contributed by atoms with van der Waals surface area (Å²) < 4.78 is 35.9. The number of fused-ring (bicyclic) bond motifs is 2. The first-order chi connectivity index (χ1) is 7.94. The van der Waals surface area contributed by atoms with E-state index in [1.165, 1.54) is 25.7 Å². The van der Waals surface area contributed by atoms with Gasteiger partial charge in [0.2, 0.25) is 0 Å². The fourth-order valence-corrected chi connectivity index (χ4v) is 3.67. The molecule has 0 aromatic heterocycles. The molecule has 0 spiro atoms. The van der Waals surface area contributed by atoms with Crippen molar-refractivity contribution < 1.29 is 18.3 Å². The molecule has 0 aromatic rings. The van der Waals surface area contributed by atoms with Gasteiger partial charge in [-0.2, -0.15) is 13.2 Å². The van der Waals surface area contributed by atoms with Gasteiger partial charge in [-0.1, -0.05) is 6.42 Å². The second-order valence-corrected chi connectivity index (χ2v) is 5.83. The van der Waals surface area contributed by atoms with Crippen LogP contribution in [0.4, 0.5) is 13.2 Å². The molecule has 17 heavy (non-hydrogen) atoms. The molecule has 2 fully saturated rings. The molecular formula is C13H21F3O. The van der Waals surface area contributed by atoms with Crippen LogP contribution in [0.25, 0.3) is 0 Å². The lowest BCUT2D eigenvalue weighted by Gasteiger charge is -2.24. The van der Waals surface area contributed by atoms with E-state index in [1.807, 2.05) is 0 Å². The van der Waals surface area contributed by atoms with E-state index in [0.717, 1.165) is 18.3 Å². The van der Waals surface area contributed by atoms with Crippen molar-refractivity contribution in [2.45, 2.75) is 63.6 Å². The van der Waals surface area contributed by atoms with Crippen molar-refractivity contribution in [3.05, 3.63) is 0 Å². The predicted molar refractivity (Wildman–Crippen MR) is 59.5 cm³/mol. The van der Waals surface area contributed by atoms with Crippen molar-refractivity contribution >= 4 is 0 Å². The van der Waals surface area contributed by atoms with Crippen LogP contribution in [0.1, 0.15) is 51.4 Å². The highest BCUT2D eigenvalue weighted by molar-refractivity contribution is 4.90. The van der Waals surface area contributed by atoms with Gasteiger partial charge in [-0.3, -0.25) is 0 Å². The quantitative estimate of drug-likeness (QED) is 0.784. The summed E-state index contributed by atoms with van der Waals surface area (Å²) in [5, 5.41) is 9.77. The molecule has 2 saturated carbocycles. The van der Waals surface area contributed by atoms with Crippen LogP contribution in [0.3, 0.4) is 0 Å². The molecule has 100 valence electrons. The van der Waals surface area contributed by atoms with Crippen LogP contribution in [-0.2, 0) is 0 Å². The average Bonchev–Trinajstić information content (AvgIpc) is 2.76. The first kappa shape index (κ1) is 13.2. The number of aliphatic hydroxyl groups excluding tert-OH is 1. The number of hydrogen-bond donors (Lipinski definition) is 1. The SMILES string of the molecule is OC(CCCC(F)(F)F)CC1CC2CCC1C2. The van der Waals surface area contributed by atoms with Crippen LogP contribution in [0.2, 0.25) is 0 Å². The predicted octanol–water partition coefficient (Wildman–Crippen LogP) is 3.91. The van der Waals surface area contributed by atoms with Gasteiger partial charge in [0.15, 0.2) is 0 Å². The van der Waals surface area contributed by atoms with Crippen molar-refractivity contribution in [2.75, 3.05) is 0 Å². The lowest BCUT2D eigenvalue weighted by Crippen LogP contribution is -2.19. The number of alkyl halides is 3. The smallest absolute Gasteiger partial charge is 0.389 e. The summed E-state index contributed by atoms with van der Waals surface area (Å²) >= 11 is 0. The van der Waals surface area contributed by atoms with Crippen LogP contribution in [0.15, 0.2) is 0 Å². The van der Waals surface area contributed by atoms with Gasteiger partial charge in [0.1, 0.15) is 0 Å². The molecule has 1 nitrogen and oxygen atoms in total. The van der Waals surface area contributed by atoms with Crippen LogP contribution < -0.4 is 0 Å². The maximum absolute atomic E-state index is 12.0. The Hall–Kier alpha value is -0.250. The third kappa shape index (κ3) is 3.87. The van der Waals surface area contributed by atoms with Gasteiger partial charge < -0.3 is 5.11 Å². The molecule has 0 radical (unpaired) electrons. The van der Waals surface area contributed by atoms with Gasteiger partial charge in [0, 0.05) is 6.42 Å². The molecule has 0 amide bonds. The second-order valence-electron chi connectivity index (χ2n) is 5.83. The van der Waals surface area contributed by atoms with Gasteiger partial charge >= 0.3 is 6.18 Å². The molecule has 0 aromatic carbocycles. The molecule has 2 aliphatic carbocycles. The zero-order valence-electron chi connectivity index (χ0n) is 10.0. The van der Waals surface area contributed by atoms with E-state index >= 15 is 0 Å². The van der Waals surface area contributed by atoms with Crippen LogP contribution in [-0.4, -0.2) is 17.4 Å². The minimum atomic E-state index is -4.08. The lowest BCUT2D eigenvalue weighted by atomic mass is 9.84. The monoisotopic (exact) mass is 250 g/mol. The van der Waals surface area contributed by atoms with E-state index < -0.39 is 18.7 Å². The molecule has 0 aliphatic heterocycles. The Morgan fingerprint density at radius 3 is 2.47 bits per heavy atom. The maximum atomic E-state index is 12.0. The van der Waals surface area contributed by atoms with E-state index in [2.05, 4.69) is 0 Å². The molecule has 2 rings (SSSR count). The van der Waals surface area contributed by atoms with Gasteiger partial charge in [0.25, 0.3) is 0 Å². The Labute approximate surface area is 100 Å². The first-order valence-electron chi connectivity index (χ1n) is 6.69.